The molecule has 0 bridgehead atoms. The Labute approximate surface area is 183 Å². The molecule has 0 spiro atoms. The lowest BCUT2D eigenvalue weighted by molar-refractivity contribution is -0.123. The summed E-state index contributed by atoms with van der Waals surface area (Å²) in [4.78, 5) is 21.1. The number of anilines is 1. The van der Waals surface area contributed by atoms with Gasteiger partial charge in [0, 0.05) is 45.3 Å². The number of carbonyl (C=O) groups excluding carboxylic acids is 1. The fourth-order valence-electron chi connectivity index (χ4n) is 3.21. The van der Waals surface area contributed by atoms with Crippen molar-refractivity contribution in [2.75, 3.05) is 44.2 Å². The largest absolute Gasteiger partial charge is 0.354 e. The second-order valence-electron chi connectivity index (χ2n) is 6.66. The third-order valence-corrected chi connectivity index (χ3v) is 4.85. The molecule has 11 heteroatoms. The van der Waals surface area contributed by atoms with Crippen LogP contribution in [-0.4, -0.2) is 67.0 Å². The third kappa shape index (κ3) is 7.15. The Morgan fingerprint density at radius 1 is 1.25 bits per heavy atom. The fourth-order valence-corrected chi connectivity index (χ4v) is 3.21. The summed E-state index contributed by atoms with van der Waals surface area (Å²) in [6.07, 6.45) is 1.29. The molecular formula is C17H28Cl3F2N5O. The summed E-state index contributed by atoms with van der Waals surface area (Å²) in [6, 6.07) is 3.05. The van der Waals surface area contributed by atoms with Gasteiger partial charge < -0.3 is 15.1 Å². The lowest BCUT2D eigenvalue weighted by Gasteiger charge is -2.34. The van der Waals surface area contributed by atoms with Gasteiger partial charge in [0.1, 0.15) is 5.82 Å². The average molecular weight is 463 g/mol. The molecule has 2 saturated heterocycles. The van der Waals surface area contributed by atoms with Crippen molar-refractivity contribution in [3.05, 3.63) is 23.9 Å². The van der Waals surface area contributed by atoms with Crippen LogP contribution in [-0.2, 0) is 11.3 Å². The molecular weight excluding hydrogens is 435 g/mol. The Bertz CT molecular complexity index is 601. The summed E-state index contributed by atoms with van der Waals surface area (Å²) in [5.74, 6) is -2.26. The lowest BCUT2D eigenvalue weighted by Crippen LogP contribution is -2.46. The highest BCUT2D eigenvalue weighted by Gasteiger charge is 2.42. The highest BCUT2D eigenvalue weighted by atomic mass is 35.5. The number of hydrogen-bond donors (Lipinski definition) is 2. The molecule has 6 nitrogen and oxygen atoms in total. The van der Waals surface area contributed by atoms with Gasteiger partial charge in [-0.3, -0.25) is 10.1 Å². The number of hydrogen-bond acceptors (Lipinski definition) is 5. The molecule has 0 radical (unpaired) electrons. The van der Waals surface area contributed by atoms with Crippen LogP contribution >= 0.6 is 37.2 Å². The quantitative estimate of drug-likeness (QED) is 0.702. The maximum atomic E-state index is 13.1. The van der Waals surface area contributed by atoms with Crippen molar-refractivity contribution in [1.82, 2.24) is 20.5 Å². The summed E-state index contributed by atoms with van der Waals surface area (Å²) in [5, 5.41) is 5.25. The molecule has 2 aliphatic heterocycles. The van der Waals surface area contributed by atoms with Crippen LogP contribution in [0.15, 0.2) is 18.3 Å². The van der Waals surface area contributed by atoms with E-state index in [1.165, 1.54) is 0 Å². The number of halogens is 5. The smallest absolute Gasteiger partial charge is 0.262 e. The molecule has 162 valence electrons. The molecule has 2 aliphatic rings. The van der Waals surface area contributed by atoms with Crippen LogP contribution in [0.3, 0.4) is 0 Å². The molecule has 2 fully saturated rings. The monoisotopic (exact) mass is 461 g/mol. The van der Waals surface area contributed by atoms with Gasteiger partial charge in [0.15, 0.2) is 0 Å². The Balaban J connectivity index is 0.00000243. The van der Waals surface area contributed by atoms with E-state index in [0.717, 1.165) is 44.1 Å². The molecule has 1 amide bonds. The first-order valence-electron chi connectivity index (χ1n) is 8.78. The standard InChI is InChI=1S/C17H25F2N5O.3ClH/c1-2-23-5-7-24(8-6-23)15-4-3-13(10-20-15)11-21-16(25)14-9-17(18,19)12-22-14;;;/h3-4,10,14,22H,2,5-9,11-12H2,1H3,(H,21,25);3*1H. The molecule has 0 aromatic carbocycles. The molecule has 1 unspecified atom stereocenters. The number of likely N-dealkylation sites (N-methyl/N-ethyl adjacent to an activating group) is 1. The van der Waals surface area contributed by atoms with Gasteiger partial charge in [-0.05, 0) is 18.2 Å². The Hall–Kier alpha value is -0.930. The van der Waals surface area contributed by atoms with Crippen LogP contribution < -0.4 is 15.5 Å². The van der Waals surface area contributed by atoms with E-state index >= 15 is 0 Å². The summed E-state index contributed by atoms with van der Waals surface area (Å²) < 4.78 is 26.3. The first-order chi connectivity index (χ1) is 12.0. The highest BCUT2D eigenvalue weighted by Crippen LogP contribution is 2.25. The molecule has 0 aliphatic carbocycles. The van der Waals surface area contributed by atoms with Gasteiger partial charge in [0.05, 0.1) is 12.6 Å². The van der Waals surface area contributed by atoms with Crippen LogP contribution in [0, 0.1) is 0 Å². The SMILES string of the molecule is CCN1CCN(c2ccc(CNC(=O)C3CC(F)(F)CN3)cn2)CC1.Cl.Cl.Cl. The normalized spacial score (nSPS) is 21.1. The second-order valence-corrected chi connectivity index (χ2v) is 6.66. The van der Waals surface area contributed by atoms with Gasteiger partial charge in [-0.25, -0.2) is 13.8 Å². The van der Waals surface area contributed by atoms with Crippen LogP contribution in [0.1, 0.15) is 18.9 Å². The zero-order valence-corrected chi connectivity index (χ0v) is 18.1. The van der Waals surface area contributed by atoms with Crippen molar-refractivity contribution in [3.63, 3.8) is 0 Å². The van der Waals surface area contributed by atoms with Crippen molar-refractivity contribution in [2.24, 2.45) is 0 Å². The maximum Gasteiger partial charge on any atom is 0.262 e. The summed E-state index contributed by atoms with van der Waals surface area (Å²) in [5.41, 5.74) is 0.856. The average Bonchev–Trinajstić information content (AvgIpc) is 3.00. The predicted octanol–water partition coefficient (Wildman–Crippen LogP) is 2.10. The van der Waals surface area contributed by atoms with Gasteiger partial charge in [-0.15, -0.1) is 37.2 Å². The molecule has 2 N–H and O–H groups in total. The van der Waals surface area contributed by atoms with E-state index in [1.807, 2.05) is 12.1 Å². The van der Waals surface area contributed by atoms with Crippen molar-refractivity contribution < 1.29 is 13.6 Å². The first kappa shape index (κ1) is 27.1. The molecule has 1 aromatic rings. The van der Waals surface area contributed by atoms with Gasteiger partial charge in [-0.1, -0.05) is 13.0 Å². The zero-order valence-electron chi connectivity index (χ0n) is 15.7. The van der Waals surface area contributed by atoms with Crippen LogP contribution in [0.25, 0.3) is 0 Å². The number of pyridine rings is 1. The Kier molecular flexibility index (Phi) is 11.5. The highest BCUT2D eigenvalue weighted by molar-refractivity contribution is 5.86. The number of amides is 1. The zero-order chi connectivity index (χ0) is 17.9. The fraction of sp³-hybridized carbons (Fsp3) is 0.647. The number of carbonyl (C=O) groups is 1. The minimum atomic E-state index is -2.80. The van der Waals surface area contributed by atoms with Crippen molar-refractivity contribution in [3.8, 4) is 0 Å². The summed E-state index contributed by atoms with van der Waals surface area (Å²) in [7, 11) is 0. The number of aromatic nitrogens is 1. The van der Waals surface area contributed by atoms with Crippen molar-refractivity contribution >= 4 is 48.9 Å². The molecule has 28 heavy (non-hydrogen) atoms. The number of alkyl halides is 2. The Morgan fingerprint density at radius 3 is 2.43 bits per heavy atom. The molecule has 3 rings (SSSR count). The number of rotatable bonds is 5. The number of piperazine rings is 1. The topological polar surface area (TPSA) is 60.5 Å². The van der Waals surface area contributed by atoms with Gasteiger partial charge in [0.2, 0.25) is 5.91 Å². The van der Waals surface area contributed by atoms with E-state index in [9.17, 15) is 13.6 Å². The van der Waals surface area contributed by atoms with Gasteiger partial charge in [-0.2, -0.15) is 0 Å². The van der Waals surface area contributed by atoms with Crippen LogP contribution in [0.5, 0.6) is 0 Å². The van der Waals surface area contributed by atoms with Crippen LogP contribution in [0.4, 0.5) is 14.6 Å². The third-order valence-electron chi connectivity index (χ3n) is 4.85. The minimum absolute atomic E-state index is 0. The van der Waals surface area contributed by atoms with E-state index in [-0.39, 0.29) is 37.2 Å². The van der Waals surface area contributed by atoms with E-state index < -0.39 is 30.8 Å². The van der Waals surface area contributed by atoms with E-state index in [1.54, 1.807) is 6.20 Å². The van der Waals surface area contributed by atoms with Crippen molar-refractivity contribution in [1.29, 1.82) is 0 Å². The second kappa shape index (κ2) is 11.9. The van der Waals surface area contributed by atoms with E-state index in [0.29, 0.717) is 6.54 Å². The van der Waals surface area contributed by atoms with Gasteiger partial charge >= 0.3 is 0 Å². The molecule has 1 atom stereocenters. The lowest BCUT2D eigenvalue weighted by atomic mass is 10.2. The number of nitrogens with zero attached hydrogens (tertiary/aromatic N) is 3. The maximum absolute atomic E-state index is 13.1. The summed E-state index contributed by atoms with van der Waals surface area (Å²) in [6.45, 7) is 7.08. The predicted molar refractivity (Wildman–Crippen MR) is 114 cm³/mol. The molecule has 1 aromatic heterocycles. The molecule has 3 heterocycles. The van der Waals surface area contributed by atoms with E-state index in [4.69, 9.17) is 0 Å². The number of nitrogens with one attached hydrogen (secondary N) is 2. The van der Waals surface area contributed by atoms with E-state index in [2.05, 4.69) is 32.3 Å². The summed E-state index contributed by atoms with van der Waals surface area (Å²) >= 11 is 0. The van der Waals surface area contributed by atoms with Crippen molar-refractivity contribution in [2.45, 2.75) is 31.9 Å². The van der Waals surface area contributed by atoms with Crippen LogP contribution in [0.2, 0.25) is 0 Å². The minimum Gasteiger partial charge on any atom is -0.354 e. The van der Waals surface area contributed by atoms with Gasteiger partial charge in [0.25, 0.3) is 5.92 Å². The Morgan fingerprint density at radius 2 is 1.93 bits per heavy atom. The molecule has 0 saturated carbocycles. The first-order valence-corrected chi connectivity index (χ1v) is 8.78.